The van der Waals surface area contributed by atoms with Gasteiger partial charge in [0.2, 0.25) is 5.95 Å². The van der Waals surface area contributed by atoms with Crippen molar-refractivity contribution in [2.24, 2.45) is 0 Å². The largest absolute Gasteiger partial charge is 0.378 e. The Morgan fingerprint density at radius 3 is 2.77 bits per heavy atom. The summed E-state index contributed by atoms with van der Waals surface area (Å²) in [6, 6.07) is 5.64. The number of pyridine rings is 1. The number of morpholine rings is 1. The molecule has 114 valence electrons. The maximum atomic E-state index is 8.81. The molecule has 0 unspecified atom stereocenters. The van der Waals surface area contributed by atoms with Gasteiger partial charge in [-0.3, -0.25) is 4.57 Å². The molecule has 0 saturated carbocycles. The molecule has 0 amide bonds. The van der Waals surface area contributed by atoms with Gasteiger partial charge < -0.3 is 9.64 Å². The van der Waals surface area contributed by atoms with Gasteiger partial charge in [0, 0.05) is 25.8 Å². The lowest BCUT2D eigenvalue weighted by atomic mass is 10.3. The molecular formula is C14H16N6OS. The molecule has 0 atom stereocenters. The van der Waals surface area contributed by atoms with Crippen molar-refractivity contribution >= 4 is 17.7 Å². The molecule has 3 rings (SSSR count). The summed E-state index contributed by atoms with van der Waals surface area (Å²) in [6.45, 7) is 5.96. The number of hydrogen-bond acceptors (Lipinski definition) is 7. The topological polar surface area (TPSA) is 79.9 Å². The Labute approximate surface area is 132 Å². The van der Waals surface area contributed by atoms with Crippen molar-refractivity contribution in [3.05, 3.63) is 23.9 Å². The molecule has 0 aliphatic carbocycles. The van der Waals surface area contributed by atoms with Crippen molar-refractivity contribution in [1.29, 1.82) is 5.26 Å². The Bertz CT molecular complexity index is 672. The Morgan fingerprint density at radius 1 is 1.32 bits per heavy atom. The summed E-state index contributed by atoms with van der Waals surface area (Å²) in [6.07, 6.45) is 1.57. The van der Waals surface area contributed by atoms with Gasteiger partial charge in [0.05, 0.1) is 18.8 Å². The Kier molecular flexibility index (Phi) is 4.56. The van der Waals surface area contributed by atoms with Crippen LogP contribution in [-0.4, -0.2) is 46.1 Å². The zero-order chi connectivity index (χ0) is 15.4. The molecule has 8 heteroatoms. The lowest BCUT2D eigenvalue weighted by Gasteiger charge is -2.27. The normalized spacial score (nSPS) is 14.8. The van der Waals surface area contributed by atoms with E-state index in [0.717, 1.165) is 49.0 Å². The number of nitrogens with zero attached hydrogens (tertiary/aromatic N) is 6. The number of rotatable bonds is 4. The average molecular weight is 316 g/mol. The highest BCUT2D eigenvalue weighted by atomic mass is 32.2. The fraction of sp³-hybridized carbons (Fsp3) is 0.429. The van der Waals surface area contributed by atoms with Crippen LogP contribution in [0.4, 0.5) is 5.95 Å². The van der Waals surface area contributed by atoms with Crippen LogP contribution in [-0.2, 0) is 11.3 Å². The summed E-state index contributed by atoms with van der Waals surface area (Å²) >= 11 is 1.45. The third-order valence-electron chi connectivity index (χ3n) is 3.37. The van der Waals surface area contributed by atoms with Crippen molar-refractivity contribution in [3.8, 4) is 6.07 Å². The molecule has 2 aromatic rings. The lowest BCUT2D eigenvalue weighted by Crippen LogP contribution is -2.38. The van der Waals surface area contributed by atoms with Gasteiger partial charge >= 0.3 is 0 Å². The Balaban J connectivity index is 1.81. The number of nitriles is 1. The van der Waals surface area contributed by atoms with Crippen LogP contribution in [0, 0.1) is 11.3 Å². The van der Waals surface area contributed by atoms with E-state index >= 15 is 0 Å². The maximum Gasteiger partial charge on any atom is 0.228 e. The molecule has 0 aromatic carbocycles. The first-order valence-electron chi connectivity index (χ1n) is 7.11. The third-order valence-corrected chi connectivity index (χ3v) is 4.30. The average Bonchev–Trinajstić information content (AvgIpc) is 2.99. The zero-order valence-electron chi connectivity index (χ0n) is 12.3. The molecule has 7 nitrogen and oxygen atoms in total. The first-order valence-corrected chi connectivity index (χ1v) is 7.93. The zero-order valence-corrected chi connectivity index (χ0v) is 13.1. The fourth-order valence-electron chi connectivity index (χ4n) is 2.23. The second-order valence-corrected chi connectivity index (χ2v) is 5.71. The van der Waals surface area contributed by atoms with Gasteiger partial charge in [0.1, 0.15) is 11.1 Å². The Morgan fingerprint density at radius 2 is 2.14 bits per heavy atom. The molecule has 22 heavy (non-hydrogen) atoms. The van der Waals surface area contributed by atoms with Gasteiger partial charge in [-0.15, -0.1) is 10.2 Å². The minimum absolute atomic E-state index is 0.551. The molecule has 1 saturated heterocycles. The van der Waals surface area contributed by atoms with Crippen molar-refractivity contribution in [1.82, 2.24) is 19.7 Å². The summed E-state index contributed by atoms with van der Waals surface area (Å²) in [7, 11) is 0. The highest BCUT2D eigenvalue weighted by Crippen LogP contribution is 2.27. The molecule has 1 aliphatic heterocycles. The van der Waals surface area contributed by atoms with Crippen molar-refractivity contribution in [2.75, 3.05) is 31.2 Å². The summed E-state index contributed by atoms with van der Waals surface area (Å²) in [4.78, 5) is 6.46. The van der Waals surface area contributed by atoms with E-state index in [0.29, 0.717) is 5.56 Å². The summed E-state index contributed by atoms with van der Waals surface area (Å²) in [5.74, 6) is 0.877. The molecule has 0 radical (unpaired) electrons. The van der Waals surface area contributed by atoms with E-state index in [9.17, 15) is 0 Å². The monoisotopic (exact) mass is 316 g/mol. The van der Waals surface area contributed by atoms with Crippen LogP contribution in [0.2, 0.25) is 0 Å². The highest BCUT2D eigenvalue weighted by Gasteiger charge is 2.20. The number of anilines is 1. The number of hydrogen-bond donors (Lipinski definition) is 0. The van der Waals surface area contributed by atoms with E-state index in [4.69, 9.17) is 10.00 Å². The second-order valence-electron chi connectivity index (χ2n) is 4.73. The van der Waals surface area contributed by atoms with E-state index in [-0.39, 0.29) is 0 Å². The van der Waals surface area contributed by atoms with Gasteiger partial charge in [-0.2, -0.15) is 5.26 Å². The summed E-state index contributed by atoms with van der Waals surface area (Å²) in [5.41, 5.74) is 0.551. The first kappa shape index (κ1) is 14.8. The molecule has 3 heterocycles. The molecule has 0 bridgehead atoms. The lowest BCUT2D eigenvalue weighted by molar-refractivity contribution is 0.121. The van der Waals surface area contributed by atoms with Crippen LogP contribution in [0.1, 0.15) is 12.5 Å². The smallest absolute Gasteiger partial charge is 0.228 e. The van der Waals surface area contributed by atoms with E-state index in [1.54, 1.807) is 12.3 Å². The summed E-state index contributed by atoms with van der Waals surface area (Å²) in [5, 5.41) is 19.0. The predicted molar refractivity (Wildman–Crippen MR) is 81.8 cm³/mol. The quantitative estimate of drug-likeness (QED) is 0.846. The van der Waals surface area contributed by atoms with Gasteiger partial charge in [-0.25, -0.2) is 4.98 Å². The minimum atomic E-state index is 0.551. The van der Waals surface area contributed by atoms with Crippen molar-refractivity contribution in [3.63, 3.8) is 0 Å². The predicted octanol–water partition coefficient (Wildman–Crippen LogP) is 1.55. The third kappa shape index (κ3) is 3.05. The second kappa shape index (κ2) is 6.77. The standard InChI is InChI=1S/C14H16N6OS/c1-2-20-13(19-5-7-21-8-6-19)17-18-14(20)22-12-4-3-11(9-15)10-16-12/h3-4,10H,2,5-8H2,1H3. The number of aromatic nitrogens is 4. The molecule has 1 fully saturated rings. The van der Waals surface area contributed by atoms with Gasteiger partial charge in [0.25, 0.3) is 0 Å². The molecule has 0 N–H and O–H groups in total. The van der Waals surface area contributed by atoms with E-state index < -0.39 is 0 Å². The SMILES string of the molecule is CCn1c(Sc2ccc(C#N)cn2)nnc1N1CCOCC1. The minimum Gasteiger partial charge on any atom is -0.378 e. The van der Waals surface area contributed by atoms with E-state index in [1.807, 2.05) is 6.07 Å². The molecular weight excluding hydrogens is 300 g/mol. The van der Waals surface area contributed by atoms with Crippen molar-refractivity contribution in [2.45, 2.75) is 23.7 Å². The van der Waals surface area contributed by atoms with Crippen molar-refractivity contribution < 1.29 is 4.74 Å². The van der Waals surface area contributed by atoms with Gasteiger partial charge in [-0.1, -0.05) is 0 Å². The number of ether oxygens (including phenoxy) is 1. The van der Waals surface area contributed by atoms with Crippen LogP contribution >= 0.6 is 11.8 Å². The van der Waals surface area contributed by atoms with Crippen LogP contribution in [0.25, 0.3) is 0 Å². The molecule has 1 aliphatic rings. The van der Waals surface area contributed by atoms with Crippen LogP contribution < -0.4 is 4.90 Å². The highest BCUT2D eigenvalue weighted by molar-refractivity contribution is 7.99. The van der Waals surface area contributed by atoms with Gasteiger partial charge in [-0.05, 0) is 30.8 Å². The first-order chi connectivity index (χ1) is 10.8. The van der Waals surface area contributed by atoms with E-state index in [1.165, 1.54) is 11.8 Å². The van der Waals surface area contributed by atoms with E-state index in [2.05, 4.69) is 37.6 Å². The molecule has 2 aromatic heterocycles. The van der Waals surface area contributed by atoms with Crippen LogP contribution in [0.5, 0.6) is 0 Å². The fourth-order valence-corrected chi connectivity index (χ4v) is 3.06. The summed E-state index contributed by atoms with van der Waals surface area (Å²) < 4.78 is 7.46. The molecule has 0 spiro atoms. The maximum absolute atomic E-state index is 8.81. The van der Waals surface area contributed by atoms with Crippen LogP contribution in [0.3, 0.4) is 0 Å². The van der Waals surface area contributed by atoms with Crippen LogP contribution in [0.15, 0.2) is 28.5 Å². The Hall–Kier alpha value is -2.11. The van der Waals surface area contributed by atoms with Gasteiger partial charge in [0.15, 0.2) is 5.16 Å².